The van der Waals surface area contributed by atoms with Crippen LogP contribution in [0.1, 0.15) is 18.4 Å². The molecule has 0 spiro atoms. The molecule has 0 aromatic heterocycles. The second-order valence-electron chi connectivity index (χ2n) is 3.52. The molecule has 1 saturated heterocycles. The lowest BCUT2D eigenvalue weighted by Gasteiger charge is -2.17. The molecule has 1 heterocycles. The minimum Gasteiger partial charge on any atom is -0.249 e. The van der Waals surface area contributed by atoms with Gasteiger partial charge in [0, 0.05) is 17.1 Å². The Kier molecular flexibility index (Phi) is 2.73. The van der Waals surface area contributed by atoms with Crippen molar-refractivity contribution in [3.63, 3.8) is 0 Å². The molecule has 0 saturated carbocycles. The monoisotopic (exact) mass is 231 g/mol. The molecule has 0 bridgehead atoms. The summed E-state index contributed by atoms with van der Waals surface area (Å²) >= 11 is 0. The highest BCUT2D eigenvalue weighted by Crippen LogP contribution is 2.24. The first-order valence-corrected chi connectivity index (χ1v) is 6.55. The van der Waals surface area contributed by atoms with Crippen molar-refractivity contribution in [3.05, 3.63) is 29.8 Å². The van der Waals surface area contributed by atoms with E-state index in [4.69, 9.17) is 0 Å². The van der Waals surface area contributed by atoms with Crippen LogP contribution in [0.3, 0.4) is 0 Å². The average molecular weight is 231 g/mol. The molecule has 2 nitrogen and oxygen atoms in total. The number of nitrogens with zero attached hydrogens (tertiary/aromatic N) is 1. The number of rotatable bonds is 2. The van der Waals surface area contributed by atoms with Crippen LogP contribution in [0.15, 0.2) is 28.6 Å². The van der Waals surface area contributed by atoms with Crippen molar-refractivity contribution >= 4 is 15.4 Å². The summed E-state index contributed by atoms with van der Waals surface area (Å²) in [5.74, 6) is 1.26. The summed E-state index contributed by atoms with van der Waals surface area (Å²) in [6.07, 6.45) is -1.52. The zero-order chi connectivity index (χ0) is 10.9. The maximum Gasteiger partial charge on any atom is 0.263 e. The number of alkyl halides is 2. The van der Waals surface area contributed by atoms with Gasteiger partial charge < -0.3 is 0 Å². The van der Waals surface area contributed by atoms with Gasteiger partial charge in [-0.05, 0) is 18.6 Å². The average Bonchev–Trinajstić information content (AvgIpc) is 2.16. The van der Waals surface area contributed by atoms with Crippen LogP contribution in [0.2, 0.25) is 0 Å². The number of hydrogen-bond acceptors (Lipinski definition) is 2. The third-order valence-corrected chi connectivity index (χ3v) is 4.74. The molecule has 2 rings (SSSR count). The molecule has 1 aliphatic rings. The van der Waals surface area contributed by atoms with Crippen LogP contribution in [0, 0.1) is 0 Å². The Labute approximate surface area is 87.5 Å². The van der Waals surface area contributed by atoms with E-state index in [1.54, 1.807) is 0 Å². The van der Waals surface area contributed by atoms with E-state index in [-0.39, 0.29) is 5.56 Å². The van der Waals surface area contributed by atoms with Gasteiger partial charge in [0.2, 0.25) is 0 Å². The SMILES string of the molecule is O=S1(=Nc2ccc(C(F)F)cc2)CCC1. The van der Waals surface area contributed by atoms with Gasteiger partial charge in [0.15, 0.2) is 0 Å². The lowest BCUT2D eigenvalue weighted by Crippen LogP contribution is -2.22. The number of hydrogen-bond donors (Lipinski definition) is 0. The standard InChI is InChI=1S/C10H11F2NOS/c11-10(12)8-2-4-9(5-3-8)13-15(14)6-1-7-15/h2-5,10H,1,6-7H2. The molecule has 1 fully saturated rings. The summed E-state index contributed by atoms with van der Waals surface area (Å²) in [7, 11) is -2.04. The van der Waals surface area contributed by atoms with Crippen molar-refractivity contribution in [2.45, 2.75) is 12.8 Å². The third kappa shape index (κ3) is 2.34. The van der Waals surface area contributed by atoms with Gasteiger partial charge in [0.25, 0.3) is 6.43 Å². The summed E-state index contributed by atoms with van der Waals surface area (Å²) in [4.78, 5) is 0. The fourth-order valence-electron chi connectivity index (χ4n) is 1.36. The van der Waals surface area contributed by atoms with E-state index in [1.807, 2.05) is 0 Å². The third-order valence-electron chi connectivity index (χ3n) is 2.34. The number of benzene rings is 1. The second-order valence-corrected chi connectivity index (χ2v) is 6.06. The Bertz CT molecular complexity index is 451. The lowest BCUT2D eigenvalue weighted by molar-refractivity contribution is 0.151. The molecule has 1 aromatic carbocycles. The van der Waals surface area contributed by atoms with E-state index < -0.39 is 16.2 Å². The first-order valence-electron chi connectivity index (χ1n) is 4.70. The molecule has 1 aromatic rings. The van der Waals surface area contributed by atoms with Crippen molar-refractivity contribution in [2.24, 2.45) is 4.36 Å². The topological polar surface area (TPSA) is 29.4 Å². The van der Waals surface area contributed by atoms with E-state index >= 15 is 0 Å². The maximum absolute atomic E-state index is 12.2. The van der Waals surface area contributed by atoms with E-state index in [2.05, 4.69) is 4.36 Å². The van der Waals surface area contributed by atoms with E-state index in [0.717, 1.165) is 6.42 Å². The molecule has 0 aliphatic carbocycles. The van der Waals surface area contributed by atoms with E-state index in [0.29, 0.717) is 17.2 Å². The van der Waals surface area contributed by atoms with Gasteiger partial charge in [0.05, 0.1) is 15.4 Å². The molecule has 0 amide bonds. The largest absolute Gasteiger partial charge is 0.263 e. The highest BCUT2D eigenvalue weighted by Gasteiger charge is 2.19. The molecule has 0 atom stereocenters. The molecule has 0 radical (unpaired) electrons. The molecule has 0 N–H and O–H groups in total. The molecular weight excluding hydrogens is 220 g/mol. The molecule has 5 heteroatoms. The van der Waals surface area contributed by atoms with Crippen LogP contribution in [0.5, 0.6) is 0 Å². The maximum atomic E-state index is 12.2. The van der Waals surface area contributed by atoms with Crippen molar-refractivity contribution in [1.82, 2.24) is 0 Å². The molecule has 82 valence electrons. The molecule has 0 unspecified atom stereocenters. The Hall–Kier alpha value is -0.970. The molecular formula is C10H11F2NOS. The minimum atomic E-state index is -2.46. The Balaban J connectivity index is 2.25. The van der Waals surface area contributed by atoms with Crippen LogP contribution in [0.25, 0.3) is 0 Å². The van der Waals surface area contributed by atoms with Gasteiger partial charge in [-0.15, -0.1) is 0 Å². The van der Waals surface area contributed by atoms with Gasteiger partial charge in [-0.2, -0.15) is 4.36 Å². The van der Waals surface area contributed by atoms with Gasteiger partial charge in [-0.3, -0.25) is 0 Å². The van der Waals surface area contributed by atoms with Crippen LogP contribution >= 0.6 is 0 Å². The summed E-state index contributed by atoms with van der Waals surface area (Å²) in [5, 5.41) is 0. The second kappa shape index (κ2) is 3.89. The lowest BCUT2D eigenvalue weighted by atomic mass is 10.2. The normalized spacial score (nSPS) is 18.6. The van der Waals surface area contributed by atoms with Crippen LogP contribution in [0.4, 0.5) is 14.5 Å². The predicted octanol–water partition coefficient (Wildman–Crippen LogP) is 3.13. The van der Waals surface area contributed by atoms with Gasteiger partial charge >= 0.3 is 0 Å². The first kappa shape index (κ1) is 10.5. The highest BCUT2D eigenvalue weighted by atomic mass is 32.2. The summed E-state index contributed by atoms with van der Waals surface area (Å²) in [6, 6.07) is 5.63. The van der Waals surface area contributed by atoms with Crippen molar-refractivity contribution in [1.29, 1.82) is 0 Å². The van der Waals surface area contributed by atoms with Crippen LogP contribution in [-0.4, -0.2) is 15.7 Å². The summed E-state index contributed by atoms with van der Waals surface area (Å²) in [5.41, 5.74) is 0.501. The van der Waals surface area contributed by atoms with Crippen molar-refractivity contribution in [3.8, 4) is 0 Å². The van der Waals surface area contributed by atoms with Gasteiger partial charge in [0.1, 0.15) is 0 Å². The Morgan fingerprint density at radius 2 is 1.80 bits per heavy atom. The van der Waals surface area contributed by atoms with Crippen molar-refractivity contribution < 1.29 is 13.0 Å². The Morgan fingerprint density at radius 1 is 1.20 bits per heavy atom. The summed E-state index contributed by atoms with van der Waals surface area (Å²) < 4.78 is 40.2. The van der Waals surface area contributed by atoms with E-state index in [1.165, 1.54) is 24.3 Å². The fraction of sp³-hybridized carbons (Fsp3) is 0.400. The summed E-state index contributed by atoms with van der Waals surface area (Å²) in [6.45, 7) is 0. The smallest absolute Gasteiger partial charge is 0.249 e. The van der Waals surface area contributed by atoms with E-state index in [9.17, 15) is 13.0 Å². The van der Waals surface area contributed by atoms with Gasteiger partial charge in [-0.1, -0.05) is 12.1 Å². The zero-order valence-electron chi connectivity index (χ0n) is 8.03. The fourth-order valence-corrected chi connectivity index (χ4v) is 2.83. The Morgan fingerprint density at radius 3 is 2.20 bits per heavy atom. The first-order chi connectivity index (χ1) is 7.09. The van der Waals surface area contributed by atoms with Crippen LogP contribution < -0.4 is 0 Å². The van der Waals surface area contributed by atoms with Gasteiger partial charge in [-0.25, -0.2) is 13.0 Å². The van der Waals surface area contributed by atoms with Crippen molar-refractivity contribution in [2.75, 3.05) is 11.5 Å². The molecule has 15 heavy (non-hydrogen) atoms. The molecule has 1 aliphatic heterocycles. The zero-order valence-corrected chi connectivity index (χ0v) is 8.84. The quantitative estimate of drug-likeness (QED) is 0.768. The number of halogens is 2. The highest BCUT2D eigenvalue weighted by molar-refractivity contribution is 7.95. The van der Waals surface area contributed by atoms with Crippen LogP contribution in [-0.2, 0) is 9.73 Å². The predicted molar refractivity (Wildman–Crippen MR) is 56.0 cm³/mol. The minimum absolute atomic E-state index is 0.0301.